The summed E-state index contributed by atoms with van der Waals surface area (Å²) in [4.78, 5) is -0.0514. The Labute approximate surface area is 155 Å². The number of primary sulfonamides is 1. The Morgan fingerprint density at radius 2 is 1.88 bits per heavy atom. The van der Waals surface area contributed by atoms with E-state index in [4.69, 9.17) is 9.88 Å². The average Bonchev–Trinajstić information content (AvgIpc) is 2.64. The van der Waals surface area contributed by atoms with E-state index >= 15 is 0 Å². The molecule has 0 radical (unpaired) electrons. The van der Waals surface area contributed by atoms with E-state index in [2.05, 4.69) is 17.4 Å². The number of methoxy groups -OCH3 is 1. The normalized spacial score (nSPS) is 14.0. The lowest BCUT2D eigenvalue weighted by Gasteiger charge is -2.19. The van der Waals surface area contributed by atoms with E-state index in [1.807, 2.05) is 25.1 Å². The van der Waals surface area contributed by atoms with Crippen LogP contribution in [-0.2, 0) is 16.4 Å². The van der Waals surface area contributed by atoms with Gasteiger partial charge in [0, 0.05) is 18.2 Å². The van der Waals surface area contributed by atoms with Gasteiger partial charge in [-0.3, -0.25) is 0 Å². The first kappa shape index (κ1) is 20.4. The molecule has 0 aliphatic heterocycles. The second-order valence-corrected chi connectivity index (χ2v) is 7.86. The molecule has 0 aliphatic carbocycles. The Kier molecular flexibility index (Phi) is 7.16. The monoisotopic (exact) mass is 378 g/mol. The van der Waals surface area contributed by atoms with Gasteiger partial charge in [-0.05, 0) is 43.5 Å². The SMILES string of the molecule is COc1ccc(S(N)(=O)=O)cc1C(O)CNC(C)CCc1ccccc1. The van der Waals surface area contributed by atoms with Crippen LogP contribution in [0.4, 0.5) is 0 Å². The summed E-state index contributed by atoms with van der Waals surface area (Å²) in [5.74, 6) is 0.420. The summed E-state index contributed by atoms with van der Waals surface area (Å²) in [6.07, 6.45) is 0.950. The minimum Gasteiger partial charge on any atom is -0.496 e. The molecule has 7 heteroatoms. The van der Waals surface area contributed by atoms with Crippen LogP contribution in [0.25, 0.3) is 0 Å². The molecule has 0 aromatic heterocycles. The molecule has 2 atom stereocenters. The Balaban J connectivity index is 1.97. The smallest absolute Gasteiger partial charge is 0.238 e. The third-order valence-corrected chi connectivity index (χ3v) is 5.17. The second-order valence-electron chi connectivity index (χ2n) is 6.30. The van der Waals surface area contributed by atoms with Crippen LogP contribution in [0.15, 0.2) is 53.4 Å². The minimum atomic E-state index is -3.84. The van der Waals surface area contributed by atoms with Crippen molar-refractivity contribution in [1.29, 1.82) is 0 Å². The van der Waals surface area contributed by atoms with Gasteiger partial charge in [0.1, 0.15) is 5.75 Å². The summed E-state index contributed by atoms with van der Waals surface area (Å²) in [7, 11) is -2.37. The molecule has 0 amide bonds. The number of aryl methyl sites for hydroxylation is 1. The molecule has 0 saturated heterocycles. The topological polar surface area (TPSA) is 102 Å². The molecule has 0 spiro atoms. The van der Waals surface area contributed by atoms with Gasteiger partial charge >= 0.3 is 0 Å². The van der Waals surface area contributed by atoms with E-state index < -0.39 is 16.1 Å². The number of ether oxygens (including phenoxy) is 1. The van der Waals surface area contributed by atoms with E-state index in [0.717, 1.165) is 12.8 Å². The fourth-order valence-corrected chi connectivity index (χ4v) is 3.25. The van der Waals surface area contributed by atoms with Gasteiger partial charge in [0.15, 0.2) is 0 Å². The van der Waals surface area contributed by atoms with Crippen LogP contribution in [0.3, 0.4) is 0 Å². The molecule has 6 nitrogen and oxygen atoms in total. The maximum atomic E-state index is 11.5. The predicted molar refractivity (Wildman–Crippen MR) is 102 cm³/mol. The van der Waals surface area contributed by atoms with E-state index in [-0.39, 0.29) is 17.5 Å². The summed E-state index contributed by atoms with van der Waals surface area (Å²) in [5, 5.41) is 18.9. The number of benzene rings is 2. The van der Waals surface area contributed by atoms with Gasteiger partial charge in [-0.25, -0.2) is 13.6 Å². The highest BCUT2D eigenvalue weighted by atomic mass is 32.2. The first-order chi connectivity index (χ1) is 12.3. The van der Waals surface area contributed by atoms with E-state index in [1.165, 1.54) is 30.9 Å². The number of rotatable bonds is 9. The number of hydrogen-bond acceptors (Lipinski definition) is 5. The highest BCUT2D eigenvalue weighted by Gasteiger charge is 2.18. The third kappa shape index (κ3) is 5.81. The Morgan fingerprint density at radius 1 is 1.19 bits per heavy atom. The van der Waals surface area contributed by atoms with Gasteiger partial charge in [-0.1, -0.05) is 30.3 Å². The van der Waals surface area contributed by atoms with Crippen LogP contribution < -0.4 is 15.2 Å². The fraction of sp³-hybridized carbons (Fsp3) is 0.368. The highest BCUT2D eigenvalue weighted by Crippen LogP contribution is 2.27. The molecular weight excluding hydrogens is 352 g/mol. The van der Waals surface area contributed by atoms with E-state index in [1.54, 1.807) is 0 Å². The maximum absolute atomic E-state index is 11.5. The molecule has 0 bridgehead atoms. The van der Waals surface area contributed by atoms with Crippen molar-refractivity contribution in [3.05, 3.63) is 59.7 Å². The molecule has 2 unspecified atom stereocenters. The molecule has 2 aromatic rings. The number of sulfonamides is 1. The largest absolute Gasteiger partial charge is 0.496 e. The number of nitrogens with one attached hydrogen (secondary N) is 1. The Bertz CT molecular complexity index is 810. The van der Waals surface area contributed by atoms with Gasteiger partial charge in [0.2, 0.25) is 10.0 Å². The zero-order valence-corrected chi connectivity index (χ0v) is 15.9. The van der Waals surface area contributed by atoms with Crippen molar-refractivity contribution in [2.24, 2.45) is 5.14 Å². The molecule has 0 saturated carbocycles. The first-order valence-corrected chi connectivity index (χ1v) is 10.0. The zero-order chi connectivity index (χ0) is 19.2. The van der Waals surface area contributed by atoms with Crippen molar-refractivity contribution < 1.29 is 18.3 Å². The van der Waals surface area contributed by atoms with E-state index in [9.17, 15) is 13.5 Å². The van der Waals surface area contributed by atoms with Crippen molar-refractivity contribution >= 4 is 10.0 Å². The molecular formula is C19H26N2O4S. The van der Waals surface area contributed by atoms with Crippen molar-refractivity contribution in [2.75, 3.05) is 13.7 Å². The number of aliphatic hydroxyl groups excluding tert-OH is 1. The number of nitrogens with two attached hydrogens (primary N) is 1. The van der Waals surface area contributed by atoms with Crippen LogP contribution in [-0.4, -0.2) is 33.2 Å². The first-order valence-electron chi connectivity index (χ1n) is 8.47. The van der Waals surface area contributed by atoms with Gasteiger partial charge in [0.05, 0.1) is 18.1 Å². The van der Waals surface area contributed by atoms with Crippen molar-refractivity contribution in [2.45, 2.75) is 36.8 Å². The van der Waals surface area contributed by atoms with Crippen LogP contribution in [0.2, 0.25) is 0 Å². The number of aliphatic hydroxyl groups is 1. The highest BCUT2D eigenvalue weighted by molar-refractivity contribution is 7.89. The summed E-state index contributed by atoms with van der Waals surface area (Å²) in [6.45, 7) is 2.33. The van der Waals surface area contributed by atoms with Crippen molar-refractivity contribution in [1.82, 2.24) is 5.32 Å². The standard InChI is InChI=1S/C19H26N2O4S/c1-14(8-9-15-6-4-3-5-7-15)21-13-18(22)17-12-16(26(20,23)24)10-11-19(17)25-2/h3-7,10-12,14,18,21-22H,8-9,13H2,1-2H3,(H2,20,23,24). The van der Waals surface area contributed by atoms with Gasteiger partial charge in [0.25, 0.3) is 0 Å². The van der Waals surface area contributed by atoms with Crippen LogP contribution in [0.5, 0.6) is 5.75 Å². The lowest BCUT2D eigenvalue weighted by molar-refractivity contribution is 0.165. The van der Waals surface area contributed by atoms with Gasteiger partial charge in [-0.15, -0.1) is 0 Å². The Hall–Kier alpha value is -1.93. The summed E-state index contributed by atoms with van der Waals surface area (Å²) in [5.41, 5.74) is 1.66. The molecule has 4 N–H and O–H groups in total. The molecule has 2 rings (SSSR count). The lowest BCUT2D eigenvalue weighted by Crippen LogP contribution is -2.31. The third-order valence-electron chi connectivity index (χ3n) is 4.26. The van der Waals surface area contributed by atoms with Crippen molar-refractivity contribution in [3.8, 4) is 5.75 Å². The minimum absolute atomic E-state index is 0.0514. The van der Waals surface area contributed by atoms with Crippen LogP contribution in [0.1, 0.15) is 30.6 Å². The van der Waals surface area contributed by atoms with Crippen LogP contribution in [0, 0.1) is 0 Å². The predicted octanol–water partition coefficient (Wildman–Crippen LogP) is 1.99. The zero-order valence-electron chi connectivity index (χ0n) is 15.1. The lowest BCUT2D eigenvalue weighted by atomic mass is 10.0. The fourth-order valence-electron chi connectivity index (χ4n) is 2.70. The number of hydrogen-bond donors (Lipinski definition) is 3. The average molecular weight is 378 g/mol. The summed E-state index contributed by atoms with van der Waals surface area (Å²) in [6, 6.07) is 14.6. The summed E-state index contributed by atoms with van der Waals surface area (Å²) < 4.78 is 28.3. The summed E-state index contributed by atoms with van der Waals surface area (Å²) >= 11 is 0. The molecule has 2 aromatic carbocycles. The maximum Gasteiger partial charge on any atom is 0.238 e. The van der Waals surface area contributed by atoms with E-state index in [0.29, 0.717) is 11.3 Å². The van der Waals surface area contributed by atoms with Gasteiger partial charge in [-0.2, -0.15) is 0 Å². The second kappa shape index (κ2) is 9.14. The van der Waals surface area contributed by atoms with Crippen LogP contribution >= 0.6 is 0 Å². The molecule has 0 heterocycles. The molecule has 0 aliphatic rings. The molecule has 26 heavy (non-hydrogen) atoms. The molecule has 0 fully saturated rings. The van der Waals surface area contributed by atoms with Gasteiger partial charge < -0.3 is 15.2 Å². The molecule has 142 valence electrons. The van der Waals surface area contributed by atoms with Crippen molar-refractivity contribution in [3.63, 3.8) is 0 Å². The Morgan fingerprint density at radius 3 is 2.50 bits per heavy atom. The quantitative estimate of drug-likeness (QED) is 0.619.